The number of carbonyl (C=O) groups is 1. The second kappa shape index (κ2) is 6.10. The summed E-state index contributed by atoms with van der Waals surface area (Å²) in [7, 11) is 1.25. The molecule has 0 bridgehead atoms. The molecule has 0 radical (unpaired) electrons. The van der Waals surface area contributed by atoms with E-state index in [0.29, 0.717) is 6.42 Å². The van der Waals surface area contributed by atoms with Crippen LogP contribution in [0.15, 0.2) is 18.2 Å². The molecule has 19 heavy (non-hydrogen) atoms. The van der Waals surface area contributed by atoms with Crippen molar-refractivity contribution in [2.45, 2.75) is 38.1 Å². The highest BCUT2D eigenvalue weighted by Gasteiger charge is 2.38. The van der Waals surface area contributed by atoms with E-state index in [1.807, 2.05) is 6.92 Å². The van der Waals surface area contributed by atoms with Crippen LogP contribution in [-0.2, 0) is 14.9 Å². The standard InChI is InChI=1S/C14H19F2NO2/c1-4-11(17)14(2,8-12(18)19-3)9-6-5-7-10(15)13(9)16/h5-7,11H,4,8,17H2,1-3H3. The van der Waals surface area contributed by atoms with Gasteiger partial charge in [-0.25, -0.2) is 8.78 Å². The van der Waals surface area contributed by atoms with Gasteiger partial charge < -0.3 is 10.5 Å². The molecule has 2 unspecified atom stereocenters. The van der Waals surface area contributed by atoms with Crippen LogP contribution < -0.4 is 5.73 Å². The van der Waals surface area contributed by atoms with E-state index in [2.05, 4.69) is 4.74 Å². The number of halogens is 2. The minimum Gasteiger partial charge on any atom is -0.469 e. The van der Waals surface area contributed by atoms with Crippen molar-refractivity contribution in [1.82, 2.24) is 0 Å². The van der Waals surface area contributed by atoms with E-state index >= 15 is 0 Å². The number of hydrogen-bond donors (Lipinski definition) is 1. The molecule has 0 fully saturated rings. The minimum absolute atomic E-state index is 0.0983. The second-order valence-electron chi connectivity index (χ2n) is 4.79. The SMILES string of the molecule is CCC(N)C(C)(CC(=O)OC)c1cccc(F)c1F. The fourth-order valence-corrected chi connectivity index (χ4v) is 2.19. The molecule has 0 saturated carbocycles. The van der Waals surface area contributed by atoms with Crippen molar-refractivity contribution in [2.24, 2.45) is 5.73 Å². The average molecular weight is 271 g/mol. The summed E-state index contributed by atoms with van der Waals surface area (Å²) in [6.45, 7) is 3.48. The highest BCUT2D eigenvalue weighted by molar-refractivity contribution is 5.71. The number of ether oxygens (including phenoxy) is 1. The van der Waals surface area contributed by atoms with E-state index in [4.69, 9.17) is 5.73 Å². The third-order valence-electron chi connectivity index (χ3n) is 3.56. The number of carbonyl (C=O) groups excluding carboxylic acids is 1. The van der Waals surface area contributed by atoms with Crippen molar-refractivity contribution < 1.29 is 18.3 Å². The molecule has 1 aromatic rings. The maximum Gasteiger partial charge on any atom is 0.306 e. The van der Waals surface area contributed by atoms with Crippen LogP contribution >= 0.6 is 0 Å². The molecule has 1 rings (SSSR count). The van der Waals surface area contributed by atoms with Gasteiger partial charge in [-0.3, -0.25) is 4.79 Å². The van der Waals surface area contributed by atoms with Gasteiger partial charge in [-0.15, -0.1) is 0 Å². The molecule has 0 aromatic heterocycles. The largest absolute Gasteiger partial charge is 0.469 e. The molecule has 5 heteroatoms. The number of rotatable bonds is 5. The Balaban J connectivity index is 3.30. The van der Waals surface area contributed by atoms with Gasteiger partial charge in [0, 0.05) is 11.5 Å². The quantitative estimate of drug-likeness (QED) is 0.837. The van der Waals surface area contributed by atoms with Crippen molar-refractivity contribution in [3.63, 3.8) is 0 Å². The average Bonchev–Trinajstić information content (AvgIpc) is 2.40. The smallest absolute Gasteiger partial charge is 0.306 e. The summed E-state index contributed by atoms with van der Waals surface area (Å²) in [5.74, 6) is -2.41. The van der Waals surface area contributed by atoms with Crippen molar-refractivity contribution in [3.8, 4) is 0 Å². The summed E-state index contributed by atoms with van der Waals surface area (Å²) >= 11 is 0. The molecule has 2 N–H and O–H groups in total. The van der Waals surface area contributed by atoms with Crippen molar-refractivity contribution in [3.05, 3.63) is 35.4 Å². The van der Waals surface area contributed by atoms with Crippen molar-refractivity contribution in [2.75, 3.05) is 7.11 Å². The Bertz CT molecular complexity index is 465. The fourth-order valence-electron chi connectivity index (χ4n) is 2.19. The Morgan fingerprint density at radius 2 is 2.11 bits per heavy atom. The maximum atomic E-state index is 14.0. The number of benzene rings is 1. The Morgan fingerprint density at radius 1 is 1.47 bits per heavy atom. The number of nitrogens with two attached hydrogens (primary N) is 1. The number of esters is 1. The lowest BCUT2D eigenvalue weighted by Gasteiger charge is -2.35. The summed E-state index contributed by atoms with van der Waals surface area (Å²) in [6, 6.07) is 3.42. The van der Waals surface area contributed by atoms with Gasteiger partial charge in [0.15, 0.2) is 11.6 Å². The summed E-state index contributed by atoms with van der Waals surface area (Å²) in [4.78, 5) is 11.5. The van der Waals surface area contributed by atoms with Crippen LogP contribution in [0.3, 0.4) is 0 Å². The summed E-state index contributed by atoms with van der Waals surface area (Å²) in [5.41, 5.74) is 5.11. The molecule has 106 valence electrons. The van der Waals surface area contributed by atoms with Crippen molar-refractivity contribution in [1.29, 1.82) is 0 Å². The van der Waals surface area contributed by atoms with E-state index in [1.165, 1.54) is 19.2 Å². The molecule has 0 amide bonds. The molecule has 2 atom stereocenters. The first-order valence-electron chi connectivity index (χ1n) is 6.13. The van der Waals surface area contributed by atoms with Gasteiger partial charge in [-0.05, 0) is 18.1 Å². The second-order valence-corrected chi connectivity index (χ2v) is 4.79. The third-order valence-corrected chi connectivity index (χ3v) is 3.56. The van der Waals surface area contributed by atoms with Crippen LogP contribution in [0, 0.1) is 11.6 Å². The molecule has 0 aliphatic heterocycles. The van der Waals surface area contributed by atoms with E-state index < -0.39 is 29.1 Å². The zero-order valence-corrected chi connectivity index (χ0v) is 11.4. The predicted octanol–water partition coefficient (Wildman–Crippen LogP) is 2.52. The van der Waals surface area contributed by atoms with Gasteiger partial charge in [0.05, 0.1) is 13.5 Å². The molecule has 0 saturated heterocycles. The fraction of sp³-hybridized carbons (Fsp3) is 0.500. The zero-order valence-electron chi connectivity index (χ0n) is 11.4. The van der Waals surface area contributed by atoms with Crippen LogP contribution in [0.4, 0.5) is 8.78 Å². The summed E-state index contributed by atoms with van der Waals surface area (Å²) in [6.07, 6.45) is 0.433. The van der Waals surface area contributed by atoms with E-state index in [-0.39, 0.29) is 12.0 Å². The Morgan fingerprint density at radius 3 is 2.63 bits per heavy atom. The first-order valence-corrected chi connectivity index (χ1v) is 6.13. The van der Waals surface area contributed by atoms with Gasteiger partial charge in [-0.2, -0.15) is 0 Å². The van der Waals surface area contributed by atoms with Gasteiger partial charge >= 0.3 is 5.97 Å². The van der Waals surface area contributed by atoms with Crippen LogP contribution in [0.25, 0.3) is 0 Å². The summed E-state index contributed by atoms with van der Waals surface area (Å²) < 4.78 is 32.0. The molecule has 3 nitrogen and oxygen atoms in total. The van der Waals surface area contributed by atoms with Gasteiger partial charge in [-0.1, -0.05) is 26.0 Å². The Kier molecular flexibility index (Phi) is 5.00. The number of methoxy groups -OCH3 is 1. The van der Waals surface area contributed by atoms with E-state index in [0.717, 1.165) is 6.07 Å². The van der Waals surface area contributed by atoms with Crippen LogP contribution in [0.2, 0.25) is 0 Å². The molecular formula is C14H19F2NO2. The number of hydrogen-bond acceptors (Lipinski definition) is 3. The zero-order chi connectivity index (χ0) is 14.6. The predicted molar refractivity (Wildman–Crippen MR) is 68.6 cm³/mol. The molecule has 0 aliphatic rings. The Labute approximate surface area is 111 Å². The molecule has 0 heterocycles. The Hall–Kier alpha value is -1.49. The van der Waals surface area contributed by atoms with E-state index in [1.54, 1.807) is 6.92 Å². The van der Waals surface area contributed by atoms with Crippen LogP contribution in [0.5, 0.6) is 0 Å². The molecular weight excluding hydrogens is 252 g/mol. The monoisotopic (exact) mass is 271 g/mol. The lowest BCUT2D eigenvalue weighted by molar-refractivity contribution is -0.142. The van der Waals surface area contributed by atoms with Gasteiger partial charge in [0.1, 0.15) is 0 Å². The van der Waals surface area contributed by atoms with Crippen LogP contribution in [-0.4, -0.2) is 19.1 Å². The maximum absolute atomic E-state index is 14.0. The molecule has 0 aliphatic carbocycles. The summed E-state index contributed by atoms with van der Waals surface area (Å²) in [5, 5.41) is 0. The van der Waals surface area contributed by atoms with Crippen molar-refractivity contribution >= 4 is 5.97 Å². The molecule has 0 spiro atoms. The minimum atomic E-state index is -1.01. The highest BCUT2D eigenvalue weighted by atomic mass is 19.2. The topological polar surface area (TPSA) is 52.3 Å². The first-order chi connectivity index (χ1) is 8.86. The van der Waals surface area contributed by atoms with Crippen LogP contribution in [0.1, 0.15) is 32.3 Å². The first kappa shape index (κ1) is 15.6. The lowest BCUT2D eigenvalue weighted by Crippen LogP contribution is -2.45. The molecule has 1 aromatic carbocycles. The normalized spacial score (nSPS) is 15.7. The lowest BCUT2D eigenvalue weighted by atomic mass is 9.72. The van der Waals surface area contributed by atoms with Gasteiger partial charge in [0.2, 0.25) is 0 Å². The van der Waals surface area contributed by atoms with Gasteiger partial charge in [0.25, 0.3) is 0 Å². The third kappa shape index (κ3) is 3.10. The highest BCUT2D eigenvalue weighted by Crippen LogP contribution is 2.34. The van der Waals surface area contributed by atoms with E-state index in [9.17, 15) is 13.6 Å².